The maximum absolute atomic E-state index is 13.8. The Morgan fingerprint density at radius 2 is 1.73 bits per heavy atom. The molecule has 1 saturated heterocycles. The minimum Gasteiger partial charge on any atom is -0.477 e. The molecule has 13 nitrogen and oxygen atoms in total. The molecule has 2 aromatic carbocycles. The second kappa shape index (κ2) is 12.0. The molecule has 5 heterocycles. The van der Waals surface area contributed by atoms with Gasteiger partial charge in [-0.15, -0.1) is 0 Å². The number of nitrogens with zero attached hydrogens (tertiary/aromatic N) is 6. The lowest BCUT2D eigenvalue weighted by Crippen LogP contribution is -2.50. The van der Waals surface area contributed by atoms with Crippen molar-refractivity contribution < 1.29 is 22.7 Å². The van der Waals surface area contributed by atoms with Crippen molar-refractivity contribution in [3.8, 4) is 17.1 Å². The van der Waals surface area contributed by atoms with Crippen molar-refractivity contribution in [3.05, 3.63) is 94.9 Å². The van der Waals surface area contributed by atoms with E-state index in [0.29, 0.717) is 48.5 Å². The van der Waals surface area contributed by atoms with E-state index in [1.807, 2.05) is 32.0 Å². The Labute approximate surface area is 277 Å². The van der Waals surface area contributed by atoms with E-state index in [2.05, 4.69) is 30.1 Å². The Morgan fingerprint density at radius 3 is 2.50 bits per heavy atom. The summed E-state index contributed by atoms with van der Waals surface area (Å²) in [5, 5.41) is 7.45. The van der Waals surface area contributed by atoms with Crippen LogP contribution in [0.3, 0.4) is 0 Å². The number of aromatic nitrogens is 5. The summed E-state index contributed by atoms with van der Waals surface area (Å²) in [5.41, 5.74) is 4.49. The first-order valence-electron chi connectivity index (χ1n) is 15.6. The Kier molecular flexibility index (Phi) is 7.82. The number of hydrogen-bond donors (Lipinski definition) is 2. The number of sulfonamides is 1. The van der Waals surface area contributed by atoms with Gasteiger partial charge in [0.25, 0.3) is 21.8 Å². The predicted molar refractivity (Wildman–Crippen MR) is 177 cm³/mol. The zero-order valence-corrected chi connectivity index (χ0v) is 27.5. The number of aryl methyl sites for hydroxylation is 3. The van der Waals surface area contributed by atoms with Gasteiger partial charge in [-0.25, -0.2) is 27.6 Å². The summed E-state index contributed by atoms with van der Waals surface area (Å²) >= 11 is 0. The van der Waals surface area contributed by atoms with Crippen molar-refractivity contribution in [2.75, 3.05) is 31.0 Å². The molecule has 0 saturated carbocycles. The van der Waals surface area contributed by atoms with Crippen molar-refractivity contribution in [1.82, 2.24) is 34.8 Å². The Hall–Kier alpha value is -5.37. The maximum Gasteiger partial charge on any atom is 0.264 e. The fraction of sp³-hybridized carbons (Fsp3) is 0.294. The number of ether oxygens (including phenoxy) is 1. The number of carbonyl (C=O) groups is 2. The van der Waals surface area contributed by atoms with E-state index in [1.54, 1.807) is 46.9 Å². The van der Waals surface area contributed by atoms with Gasteiger partial charge in [0.15, 0.2) is 5.65 Å². The molecule has 5 aromatic rings. The summed E-state index contributed by atoms with van der Waals surface area (Å²) in [5.74, 6) is -0.529. The molecule has 0 aliphatic carbocycles. The van der Waals surface area contributed by atoms with Crippen LogP contribution in [0.4, 0.5) is 5.95 Å². The second-order valence-corrected chi connectivity index (χ2v) is 14.1. The average molecular weight is 667 g/mol. The zero-order valence-electron chi connectivity index (χ0n) is 26.7. The number of nitrogens with one attached hydrogen (secondary N) is 2. The van der Waals surface area contributed by atoms with Crippen LogP contribution in [-0.2, 0) is 10.0 Å². The molecule has 1 spiro atoms. The first-order chi connectivity index (χ1) is 23.0. The largest absolute Gasteiger partial charge is 0.477 e. The predicted octanol–water partition coefficient (Wildman–Crippen LogP) is 3.96. The number of rotatable bonds is 2. The van der Waals surface area contributed by atoms with Gasteiger partial charge in [-0.3, -0.25) is 9.59 Å². The SMILES string of the molecule is Cc1cccc(C)c1-c1cc2nc(n1)NS(=O)(=O)c1cccc(c1)C(=O)NCC1(CCN(C(=O)c3c(C)nn4cccnc34)CC1)CO2. The molecule has 4 bridgehead atoms. The van der Waals surface area contributed by atoms with Crippen LogP contribution in [0.2, 0.25) is 0 Å². The van der Waals surface area contributed by atoms with Crippen molar-refractivity contribution in [2.24, 2.45) is 5.41 Å². The van der Waals surface area contributed by atoms with Gasteiger partial charge in [0.1, 0.15) is 5.56 Å². The summed E-state index contributed by atoms with van der Waals surface area (Å²) in [6.45, 7) is 6.95. The minimum absolute atomic E-state index is 0.102. The average Bonchev–Trinajstić information content (AvgIpc) is 3.41. The normalized spacial score (nSPS) is 17.2. The Morgan fingerprint density at radius 1 is 0.979 bits per heavy atom. The van der Waals surface area contributed by atoms with E-state index in [-0.39, 0.29) is 41.3 Å². The summed E-state index contributed by atoms with van der Waals surface area (Å²) in [7, 11) is -4.15. The summed E-state index contributed by atoms with van der Waals surface area (Å²) < 4.78 is 37.3. The van der Waals surface area contributed by atoms with Crippen LogP contribution in [0.15, 0.2) is 71.9 Å². The third kappa shape index (κ3) is 5.83. The van der Waals surface area contributed by atoms with Crippen LogP contribution < -0.4 is 14.8 Å². The standard InChI is InChI=1S/C34H34N8O5S/c1-21-7-4-8-22(2)28(21)26-18-27-38-33(37-26)40-48(45,46)25-10-5-9-24(17-25)31(43)36-19-34(20-47-27)11-15-41(16-12-34)32(44)29-23(3)39-42-14-6-13-35-30(29)42/h4-10,13-14,17-18H,11-12,15-16,19-20H2,1-3H3,(H,36,43)(H,37,38,40). The van der Waals surface area contributed by atoms with E-state index < -0.39 is 21.3 Å². The van der Waals surface area contributed by atoms with Gasteiger partial charge in [-0.05, 0) is 69.0 Å². The summed E-state index contributed by atoms with van der Waals surface area (Å²) in [6, 6.07) is 15.2. The van der Waals surface area contributed by atoms with E-state index in [0.717, 1.165) is 16.7 Å². The van der Waals surface area contributed by atoms with Gasteiger partial charge in [-0.2, -0.15) is 10.1 Å². The van der Waals surface area contributed by atoms with E-state index in [9.17, 15) is 18.0 Å². The molecule has 3 aromatic heterocycles. The minimum atomic E-state index is -4.15. The molecule has 2 N–H and O–H groups in total. The summed E-state index contributed by atoms with van der Waals surface area (Å²) in [6.07, 6.45) is 4.45. The highest BCUT2D eigenvalue weighted by Crippen LogP contribution is 2.35. The van der Waals surface area contributed by atoms with Crippen molar-refractivity contribution in [3.63, 3.8) is 0 Å². The van der Waals surface area contributed by atoms with Crippen molar-refractivity contribution >= 4 is 33.4 Å². The number of fused-ring (bicyclic) bond motifs is 5. The number of carbonyl (C=O) groups excluding carboxylic acids is 2. The third-order valence-corrected chi connectivity index (χ3v) is 10.4. The first kappa shape index (κ1) is 31.2. The Bertz CT molecular complexity index is 2170. The smallest absolute Gasteiger partial charge is 0.264 e. The van der Waals surface area contributed by atoms with Gasteiger partial charge in [-0.1, -0.05) is 24.3 Å². The van der Waals surface area contributed by atoms with Gasteiger partial charge in [0, 0.05) is 54.6 Å². The van der Waals surface area contributed by atoms with Gasteiger partial charge >= 0.3 is 0 Å². The van der Waals surface area contributed by atoms with Crippen LogP contribution in [0, 0.1) is 26.2 Å². The van der Waals surface area contributed by atoms with Gasteiger partial charge in [0.05, 0.1) is 22.9 Å². The number of piperidine rings is 1. The molecule has 2 aliphatic heterocycles. The lowest BCUT2D eigenvalue weighted by atomic mass is 9.78. The van der Waals surface area contributed by atoms with Crippen molar-refractivity contribution in [1.29, 1.82) is 0 Å². The fourth-order valence-corrected chi connectivity index (χ4v) is 7.42. The lowest BCUT2D eigenvalue weighted by molar-refractivity contribution is 0.0396. The van der Waals surface area contributed by atoms with Crippen LogP contribution in [-0.4, -0.2) is 75.9 Å². The van der Waals surface area contributed by atoms with Crippen LogP contribution >= 0.6 is 0 Å². The molecular formula is C34H34N8O5S. The maximum atomic E-state index is 13.8. The van der Waals surface area contributed by atoms with E-state index in [4.69, 9.17) is 4.74 Å². The molecule has 0 atom stereocenters. The van der Waals surface area contributed by atoms with Crippen LogP contribution in [0.5, 0.6) is 5.88 Å². The highest BCUT2D eigenvalue weighted by atomic mass is 32.2. The molecular weight excluding hydrogens is 632 g/mol. The molecule has 2 amide bonds. The van der Waals surface area contributed by atoms with E-state index >= 15 is 0 Å². The topological polar surface area (TPSA) is 161 Å². The molecule has 0 radical (unpaired) electrons. The van der Waals surface area contributed by atoms with Crippen LogP contribution in [0.1, 0.15) is 50.4 Å². The highest BCUT2D eigenvalue weighted by molar-refractivity contribution is 7.92. The fourth-order valence-electron chi connectivity index (χ4n) is 6.43. The number of likely N-dealkylation sites (tertiary alicyclic amines) is 1. The molecule has 2 aliphatic rings. The molecule has 0 unspecified atom stereocenters. The molecule has 246 valence electrons. The first-order valence-corrected chi connectivity index (χ1v) is 17.1. The lowest BCUT2D eigenvalue weighted by Gasteiger charge is -2.41. The van der Waals surface area contributed by atoms with E-state index in [1.165, 1.54) is 18.2 Å². The summed E-state index contributed by atoms with van der Waals surface area (Å²) in [4.78, 5) is 42.2. The molecule has 7 rings (SSSR count). The number of anilines is 1. The number of benzene rings is 2. The molecule has 1 fully saturated rings. The quantitative estimate of drug-likeness (QED) is 0.284. The Balaban J connectivity index is 1.23. The highest BCUT2D eigenvalue weighted by Gasteiger charge is 2.39. The molecule has 14 heteroatoms. The number of amides is 2. The second-order valence-electron chi connectivity index (χ2n) is 12.4. The third-order valence-electron chi connectivity index (χ3n) is 9.12. The monoisotopic (exact) mass is 666 g/mol. The van der Waals surface area contributed by atoms with Crippen molar-refractivity contribution in [2.45, 2.75) is 38.5 Å². The number of hydrogen-bond acceptors (Lipinski definition) is 9. The van der Waals surface area contributed by atoms with Gasteiger partial charge < -0.3 is 15.0 Å². The zero-order chi connectivity index (χ0) is 33.6. The van der Waals surface area contributed by atoms with Gasteiger partial charge in [0.2, 0.25) is 11.8 Å². The molecule has 48 heavy (non-hydrogen) atoms. The van der Waals surface area contributed by atoms with Crippen LogP contribution in [0.25, 0.3) is 16.9 Å².